The fourth-order valence-corrected chi connectivity index (χ4v) is 3.32. The third-order valence-electron chi connectivity index (χ3n) is 5.26. The minimum absolute atomic E-state index is 0.101. The van der Waals surface area contributed by atoms with Crippen LogP contribution < -0.4 is 16.0 Å². The van der Waals surface area contributed by atoms with Crippen molar-refractivity contribution >= 4 is 23.5 Å². The van der Waals surface area contributed by atoms with Crippen molar-refractivity contribution in [2.24, 2.45) is 5.92 Å². The second kappa shape index (κ2) is 10.6. The Morgan fingerprint density at radius 1 is 1.00 bits per heavy atom. The highest BCUT2D eigenvalue weighted by Gasteiger charge is 2.50. The molecule has 1 aromatic carbocycles. The summed E-state index contributed by atoms with van der Waals surface area (Å²) in [6.45, 7) is 8.66. The first-order valence-electron chi connectivity index (χ1n) is 10.8. The number of hydrogen-bond acceptors (Lipinski definition) is 6. The van der Waals surface area contributed by atoms with Crippen molar-refractivity contribution in [2.45, 2.75) is 71.2 Å². The Morgan fingerprint density at radius 3 is 2.09 bits per heavy atom. The molecule has 4 atom stereocenters. The number of hydrogen-bond donors (Lipinski definition) is 4. The zero-order valence-electron chi connectivity index (χ0n) is 19.2. The van der Waals surface area contributed by atoms with E-state index >= 15 is 0 Å². The lowest BCUT2D eigenvalue weighted by molar-refractivity contribution is -0.133. The van der Waals surface area contributed by atoms with Gasteiger partial charge in [-0.3, -0.25) is 19.2 Å². The smallest absolute Gasteiger partial charge is 0.243 e. The number of Topliss-reactive ketones (excluding diaryl/α,β-unsaturated/α-hetero) is 1. The predicted octanol–water partition coefficient (Wildman–Crippen LogP) is 0.833. The van der Waals surface area contributed by atoms with Crippen molar-refractivity contribution in [3.63, 3.8) is 0 Å². The van der Waals surface area contributed by atoms with Gasteiger partial charge in [0.25, 0.3) is 0 Å². The van der Waals surface area contributed by atoms with Gasteiger partial charge in [0.15, 0.2) is 5.78 Å². The van der Waals surface area contributed by atoms with E-state index in [4.69, 9.17) is 4.74 Å². The molecule has 1 fully saturated rings. The Hall–Kier alpha value is -2.94. The molecule has 1 saturated heterocycles. The monoisotopic (exact) mass is 447 g/mol. The van der Waals surface area contributed by atoms with Gasteiger partial charge in [0.1, 0.15) is 23.4 Å². The number of phenols is 1. The minimum Gasteiger partial charge on any atom is -0.508 e. The molecule has 1 aliphatic heterocycles. The first-order chi connectivity index (χ1) is 14.9. The summed E-state index contributed by atoms with van der Waals surface area (Å²) in [6.07, 6.45) is 0.643. The number of aromatic hydroxyl groups is 1. The summed E-state index contributed by atoms with van der Waals surface area (Å²) in [5.41, 5.74) is -0.181. The molecule has 1 aliphatic rings. The van der Waals surface area contributed by atoms with Crippen LogP contribution in [0.1, 0.15) is 46.6 Å². The van der Waals surface area contributed by atoms with Crippen LogP contribution in [0, 0.1) is 5.92 Å². The predicted molar refractivity (Wildman–Crippen MR) is 118 cm³/mol. The summed E-state index contributed by atoms with van der Waals surface area (Å²) in [5, 5.41) is 17.4. The van der Waals surface area contributed by atoms with Crippen LogP contribution >= 0.6 is 0 Å². The number of benzene rings is 1. The van der Waals surface area contributed by atoms with E-state index in [1.165, 1.54) is 26.0 Å². The summed E-state index contributed by atoms with van der Waals surface area (Å²) in [5.74, 6) is -1.31. The van der Waals surface area contributed by atoms with Crippen LogP contribution in [0.2, 0.25) is 0 Å². The molecule has 0 spiro atoms. The standard InChI is InChI=1S/C23H33N3O6/c1-13(2)10-19(25-15(4)27)22(31)24-14(3)21(30)26-18(20(29)23(5)12-32-23)11-16-6-8-17(28)9-7-16/h6-9,13-14,18-19,28H,10-12H2,1-5H3,(H,24,31)(H,25,27)(H,26,30). The molecule has 4 N–H and O–H groups in total. The highest BCUT2D eigenvalue weighted by atomic mass is 16.6. The van der Waals surface area contributed by atoms with E-state index in [2.05, 4.69) is 16.0 Å². The fraction of sp³-hybridized carbons (Fsp3) is 0.565. The maximum Gasteiger partial charge on any atom is 0.243 e. The van der Waals surface area contributed by atoms with Gasteiger partial charge in [0.05, 0.1) is 12.6 Å². The van der Waals surface area contributed by atoms with Gasteiger partial charge < -0.3 is 25.8 Å². The minimum atomic E-state index is -0.935. The van der Waals surface area contributed by atoms with Gasteiger partial charge in [-0.1, -0.05) is 26.0 Å². The Bertz CT molecular complexity index is 848. The molecule has 0 bridgehead atoms. The second-order valence-electron chi connectivity index (χ2n) is 8.93. The van der Waals surface area contributed by atoms with E-state index < -0.39 is 35.5 Å². The molecule has 1 aromatic rings. The summed E-state index contributed by atoms with van der Waals surface area (Å²) in [4.78, 5) is 49.8. The van der Waals surface area contributed by atoms with Crippen molar-refractivity contribution in [2.75, 3.05) is 6.61 Å². The molecular formula is C23H33N3O6. The molecule has 0 radical (unpaired) electrons. The van der Waals surface area contributed by atoms with E-state index in [0.717, 1.165) is 5.56 Å². The van der Waals surface area contributed by atoms with Crippen molar-refractivity contribution in [1.29, 1.82) is 0 Å². The summed E-state index contributed by atoms with van der Waals surface area (Å²) >= 11 is 0. The third-order valence-corrected chi connectivity index (χ3v) is 5.26. The van der Waals surface area contributed by atoms with Gasteiger partial charge in [-0.15, -0.1) is 0 Å². The normalized spacial score (nSPS) is 20.1. The Kier molecular flexibility index (Phi) is 8.38. The lowest BCUT2D eigenvalue weighted by atomic mass is 9.94. The van der Waals surface area contributed by atoms with E-state index in [9.17, 15) is 24.3 Å². The lowest BCUT2D eigenvalue weighted by Crippen LogP contribution is -2.56. The van der Waals surface area contributed by atoms with Crippen LogP contribution in [0.4, 0.5) is 0 Å². The number of phenolic OH excluding ortho intramolecular Hbond substituents is 1. The number of rotatable bonds is 11. The van der Waals surface area contributed by atoms with Crippen LogP contribution in [0.3, 0.4) is 0 Å². The average Bonchev–Trinajstić information content (AvgIpc) is 3.45. The third kappa shape index (κ3) is 7.33. The van der Waals surface area contributed by atoms with E-state index in [1.807, 2.05) is 13.8 Å². The molecule has 4 unspecified atom stereocenters. The highest BCUT2D eigenvalue weighted by Crippen LogP contribution is 2.29. The number of amides is 3. The maximum absolute atomic E-state index is 12.9. The van der Waals surface area contributed by atoms with Gasteiger partial charge in [-0.05, 0) is 50.3 Å². The molecule has 3 amide bonds. The average molecular weight is 448 g/mol. The zero-order chi connectivity index (χ0) is 24.1. The molecule has 9 heteroatoms. The van der Waals surface area contributed by atoms with Gasteiger partial charge in [0, 0.05) is 6.92 Å². The van der Waals surface area contributed by atoms with Gasteiger partial charge in [-0.25, -0.2) is 0 Å². The van der Waals surface area contributed by atoms with Crippen LogP contribution in [-0.4, -0.2) is 58.9 Å². The van der Waals surface area contributed by atoms with Gasteiger partial charge in [0.2, 0.25) is 17.7 Å². The molecule has 0 aromatic heterocycles. The first-order valence-corrected chi connectivity index (χ1v) is 10.8. The summed E-state index contributed by atoms with van der Waals surface area (Å²) in [7, 11) is 0. The molecule has 0 aliphatic carbocycles. The fourth-order valence-electron chi connectivity index (χ4n) is 3.32. The van der Waals surface area contributed by atoms with Gasteiger partial charge >= 0.3 is 0 Å². The SMILES string of the molecule is CC(=O)NC(CC(C)C)C(=O)NC(C)C(=O)NC(Cc1ccc(O)cc1)C(=O)C1(C)CO1. The largest absolute Gasteiger partial charge is 0.508 e. The summed E-state index contributed by atoms with van der Waals surface area (Å²) in [6, 6.07) is 3.83. The molecule has 2 rings (SSSR count). The number of ketones is 1. The number of carbonyl (C=O) groups is 4. The van der Waals surface area contributed by atoms with Crippen LogP contribution in [-0.2, 0) is 30.3 Å². The number of ether oxygens (including phenoxy) is 1. The molecular weight excluding hydrogens is 414 g/mol. The summed E-state index contributed by atoms with van der Waals surface area (Å²) < 4.78 is 5.26. The van der Waals surface area contributed by atoms with E-state index in [1.54, 1.807) is 19.1 Å². The van der Waals surface area contributed by atoms with E-state index in [0.29, 0.717) is 6.42 Å². The molecule has 32 heavy (non-hydrogen) atoms. The van der Waals surface area contributed by atoms with Crippen LogP contribution in [0.25, 0.3) is 0 Å². The Morgan fingerprint density at radius 2 is 1.59 bits per heavy atom. The van der Waals surface area contributed by atoms with Crippen LogP contribution in [0.5, 0.6) is 5.75 Å². The topological polar surface area (TPSA) is 137 Å². The maximum atomic E-state index is 12.9. The van der Waals surface area contributed by atoms with Crippen molar-refractivity contribution in [3.8, 4) is 5.75 Å². The van der Waals surface area contributed by atoms with Crippen molar-refractivity contribution in [1.82, 2.24) is 16.0 Å². The van der Waals surface area contributed by atoms with Gasteiger partial charge in [-0.2, -0.15) is 0 Å². The Balaban J connectivity index is 2.06. The first kappa shape index (κ1) is 25.3. The quantitative estimate of drug-likeness (QED) is 0.371. The zero-order valence-corrected chi connectivity index (χ0v) is 19.2. The van der Waals surface area contributed by atoms with E-state index in [-0.39, 0.29) is 36.4 Å². The molecule has 9 nitrogen and oxygen atoms in total. The van der Waals surface area contributed by atoms with Crippen molar-refractivity contribution < 1.29 is 29.0 Å². The Labute approximate surface area is 188 Å². The molecule has 176 valence electrons. The molecule has 0 saturated carbocycles. The van der Waals surface area contributed by atoms with Crippen LogP contribution in [0.15, 0.2) is 24.3 Å². The molecule has 1 heterocycles. The number of epoxide rings is 1. The lowest BCUT2D eigenvalue weighted by Gasteiger charge is -2.24. The number of carbonyl (C=O) groups excluding carboxylic acids is 4. The second-order valence-corrected chi connectivity index (χ2v) is 8.93. The highest BCUT2D eigenvalue weighted by molar-refractivity contribution is 5.98. The van der Waals surface area contributed by atoms with Crippen molar-refractivity contribution in [3.05, 3.63) is 29.8 Å². The number of nitrogens with one attached hydrogen (secondary N) is 3.